The summed E-state index contributed by atoms with van der Waals surface area (Å²) >= 11 is 3.75. The Hall–Kier alpha value is -1.14. The number of para-hydroxylation sites is 1. The molecule has 2 saturated heterocycles. The maximum absolute atomic E-state index is 2.78. The first-order valence-corrected chi connectivity index (χ1v) is 14.5. The molecule has 2 fully saturated rings. The lowest BCUT2D eigenvalue weighted by Gasteiger charge is -2.40. The molecule has 3 heterocycles. The van der Waals surface area contributed by atoms with Crippen LogP contribution >= 0.6 is 23.5 Å². The topological polar surface area (TPSA) is 9.72 Å². The monoisotopic (exact) mass is 467 g/mol. The number of fused-ring (bicyclic) bond motifs is 2. The normalized spacial score (nSPS) is 20.2. The molecule has 0 saturated carbocycles. The van der Waals surface area contributed by atoms with E-state index in [-0.39, 0.29) is 0 Å². The third-order valence-corrected chi connectivity index (χ3v) is 9.26. The first-order valence-electron chi connectivity index (χ1n) is 12.5. The molecule has 3 aliphatic heterocycles. The number of piperidine rings is 2. The molecule has 0 unspecified atom stereocenters. The molecule has 0 bridgehead atoms. The van der Waals surface area contributed by atoms with E-state index in [0.29, 0.717) is 0 Å². The molecule has 0 N–H and O–H groups in total. The largest absolute Gasteiger partial charge is 0.340 e. The average Bonchev–Trinajstić information content (AvgIpc) is 2.86. The van der Waals surface area contributed by atoms with Gasteiger partial charge in [0.25, 0.3) is 0 Å². The molecule has 5 rings (SSSR count). The minimum Gasteiger partial charge on any atom is -0.340 e. The summed E-state index contributed by atoms with van der Waals surface area (Å²) in [5, 5.41) is 0. The Morgan fingerprint density at radius 3 is 2.41 bits per heavy atom. The average molecular weight is 468 g/mol. The van der Waals surface area contributed by atoms with Crippen molar-refractivity contribution in [3.05, 3.63) is 42.5 Å². The maximum atomic E-state index is 2.78. The highest BCUT2D eigenvalue weighted by Gasteiger charge is 2.26. The Kier molecular flexibility index (Phi) is 7.68. The van der Waals surface area contributed by atoms with Crippen LogP contribution in [0.5, 0.6) is 0 Å². The third-order valence-electron chi connectivity index (χ3n) is 7.40. The summed E-state index contributed by atoms with van der Waals surface area (Å²) in [6.45, 7) is 7.65. The number of hydrogen-bond donors (Lipinski definition) is 0. The van der Waals surface area contributed by atoms with Crippen molar-refractivity contribution in [2.24, 2.45) is 0 Å². The third kappa shape index (κ3) is 5.16. The Morgan fingerprint density at radius 1 is 0.844 bits per heavy atom. The number of likely N-dealkylation sites (tertiary alicyclic amines) is 2. The van der Waals surface area contributed by atoms with Gasteiger partial charge in [-0.25, -0.2) is 0 Å². The van der Waals surface area contributed by atoms with Gasteiger partial charge in [0.15, 0.2) is 0 Å². The molecule has 0 atom stereocenters. The van der Waals surface area contributed by atoms with Gasteiger partial charge in [0, 0.05) is 27.3 Å². The molecule has 2 aromatic rings. The zero-order valence-electron chi connectivity index (χ0n) is 19.5. The molecule has 0 amide bonds. The standard InChI is InChI=1S/C27H37N3S2/c1-31-23-11-12-27-25(21-23)30(24-9-3-4-10-26(24)32-27)18-8-7-15-28-19-13-22(14-20-28)29-16-5-2-6-17-29/h3-4,9-12,21-22H,2,5-8,13-20H2,1H3. The number of benzene rings is 2. The Morgan fingerprint density at radius 2 is 1.59 bits per heavy atom. The molecule has 2 aromatic carbocycles. The van der Waals surface area contributed by atoms with Crippen LogP contribution in [-0.2, 0) is 0 Å². The molecule has 3 aliphatic rings. The second-order valence-corrected chi connectivity index (χ2v) is 11.4. The fourth-order valence-electron chi connectivity index (χ4n) is 5.57. The fourth-order valence-corrected chi connectivity index (χ4v) is 7.08. The molecule has 0 spiro atoms. The van der Waals surface area contributed by atoms with Crippen molar-refractivity contribution in [3.63, 3.8) is 0 Å². The van der Waals surface area contributed by atoms with Gasteiger partial charge in [-0.05, 0) is 108 Å². The van der Waals surface area contributed by atoms with Crippen LogP contribution in [0.2, 0.25) is 0 Å². The number of thioether (sulfide) groups is 1. The van der Waals surface area contributed by atoms with E-state index < -0.39 is 0 Å². The van der Waals surface area contributed by atoms with E-state index in [1.165, 1.54) is 104 Å². The van der Waals surface area contributed by atoms with Crippen molar-refractivity contribution in [1.29, 1.82) is 0 Å². The van der Waals surface area contributed by atoms with E-state index in [2.05, 4.69) is 63.4 Å². The van der Waals surface area contributed by atoms with Crippen molar-refractivity contribution >= 4 is 34.9 Å². The molecular formula is C27H37N3S2. The van der Waals surface area contributed by atoms with Crippen molar-refractivity contribution in [3.8, 4) is 0 Å². The lowest BCUT2D eigenvalue weighted by molar-refractivity contribution is 0.0920. The van der Waals surface area contributed by atoms with E-state index in [1.807, 2.05) is 23.5 Å². The summed E-state index contributed by atoms with van der Waals surface area (Å²) in [6, 6.07) is 16.7. The maximum Gasteiger partial charge on any atom is 0.0564 e. The molecule has 5 heteroatoms. The van der Waals surface area contributed by atoms with Gasteiger partial charge in [0.1, 0.15) is 0 Å². The summed E-state index contributed by atoms with van der Waals surface area (Å²) in [4.78, 5) is 12.2. The van der Waals surface area contributed by atoms with Crippen molar-refractivity contribution < 1.29 is 0 Å². The van der Waals surface area contributed by atoms with Crippen LogP contribution in [0.1, 0.15) is 44.9 Å². The van der Waals surface area contributed by atoms with Gasteiger partial charge < -0.3 is 14.7 Å². The summed E-state index contributed by atoms with van der Waals surface area (Å²) in [7, 11) is 0. The van der Waals surface area contributed by atoms with E-state index in [9.17, 15) is 0 Å². The second kappa shape index (κ2) is 10.9. The zero-order valence-corrected chi connectivity index (χ0v) is 21.1. The predicted molar refractivity (Wildman–Crippen MR) is 140 cm³/mol. The van der Waals surface area contributed by atoms with Crippen LogP contribution in [0.4, 0.5) is 11.4 Å². The quantitative estimate of drug-likeness (QED) is 0.328. The Balaban J connectivity index is 1.15. The first-order chi connectivity index (χ1) is 15.8. The Labute approximate surface area is 202 Å². The van der Waals surface area contributed by atoms with Crippen LogP contribution in [-0.4, -0.2) is 61.4 Å². The highest BCUT2D eigenvalue weighted by molar-refractivity contribution is 8.00. The van der Waals surface area contributed by atoms with Crippen molar-refractivity contribution in [2.75, 3.05) is 50.4 Å². The molecule has 172 valence electrons. The van der Waals surface area contributed by atoms with Gasteiger partial charge in [-0.1, -0.05) is 30.3 Å². The fraction of sp³-hybridized carbons (Fsp3) is 0.556. The van der Waals surface area contributed by atoms with E-state index in [4.69, 9.17) is 0 Å². The lowest BCUT2D eigenvalue weighted by atomic mass is 10.00. The second-order valence-electron chi connectivity index (χ2n) is 9.43. The van der Waals surface area contributed by atoms with Gasteiger partial charge in [0.2, 0.25) is 0 Å². The number of unbranched alkanes of at least 4 members (excludes halogenated alkanes) is 1. The summed E-state index contributed by atoms with van der Waals surface area (Å²) in [6.07, 6.45) is 11.7. The first kappa shape index (κ1) is 22.6. The van der Waals surface area contributed by atoms with Gasteiger partial charge >= 0.3 is 0 Å². The van der Waals surface area contributed by atoms with Crippen LogP contribution in [0.3, 0.4) is 0 Å². The minimum atomic E-state index is 0.857. The number of anilines is 2. The minimum absolute atomic E-state index is 0.857. The van der Waals surface area contributed by atoms with Crippen LogP contribution in [0, 0.1) is 0 Å². The van der Waals surface area contributed by atoms with Gasteiger partial charge in [-0.2, -0.15) is 0 Å². The van der Waals surface area contributed by atoms with Crippen LogP contribution in [0.25, 0.3) is 0 Å². The van der Waals surface area contributed by atoms with E-state index in [0.717, 1.165) is 12.6 Å². The SMILES string of the molecule is CSc1ccc2c(c1)N(CCCCN1CCC(N3CCCCC3)CC1)c1ccccc1S2. The molecule has 3 nitrogen and oxygen atoms in total. The smallest absolute Gasteiger partial charge is 0.0564 e. The zero-order chi connectivity index (χ0) is 21.8. The molecule has 0 aromatic heterocycles. The van der Waals surface area contributed by atoms with E-state index >= 15 is 0 Å². The number of rotatable bonds is 7. The van der Waals surface area contributed by atoms with Gasteiger partial charge in [0.05, 0.1) is 11.4 Å². The highest BCUT2D eigenvalue weighted by atomic mass is 32.2. The van der Waals surface area contributed by atoms with Crippen LogP contribution in [0.15, 0.2) is 57.2 Å². The molecule has 32 heavy (non-hydrogen) atoms. The molecule has 0 radical (unpaired) electrons. The summed E-state index contributed by atoms with van der Waals surface area (Å²) in [5.74, 6) is 0. The Bertz CT molecular complexity index is 888. The van der Waals surface area contributed by atoms with Gasteiger partial charge in [-0.3, -0.25) is 0 Å². The van der Waals surface area contributed by atoms with Gasteiger partial charge in [-0.15, -0.1) is 11.8 Å². The number of hydrogen-bond acceptors (Lipinski definition) is 5. The number of nitrogens with zero attached hydrogens (tertiary/aromatic N) is 3. The molecule has 0 aliphatic carbocycles. The highest BCUT2D eigenvalue weighted by Crippen LogP contribution is 2.48. The predicted octanol–water partition coefficient (Wildman–Crippen LogP) is 6.74. The van der Waals surface area contributed by atoms with E-state index in [1.54, 1.807) is 0 Å². The molecular weight excluding hydrogens is 430 g/mol. The lowest BCUT2D eigenvalue weighted by Crippen LogP contribution is -2.46. The van der Waals surface area contributed by atoms with Crippen molar-refractivity contribution in [2.45, 2.75) is 65.7 Å². The summed E-state index contributed by atoms with van der Waals surface area (Å²) < 4.78 is 0. The van der Waals surface area contributed by atoms with Crippen LogP contribution < -0.4 is 4.90 Å². The van der Waals surface area contributed by atoms with Crippen molar-refractivity contribution in [1.82, 2.24) is 9.80 Å². The summed E-state index contributed by atoms with van der Waals surface area (Å²) in [5.41, 5.74) is 2.77.